The van der Waals surface area contributed by atoms with Crippen LogP contribution in [0, 0.1) is 5.82 Å². The van der Waals surface area contributed by atoms with Gasteiger partial charge in [0.2, 0.25) is 11.1 Å². The van der Waals surface area contributed by atoms with E-state index in [1.54, 1.807) is 32.2 Å². The van der Waals surface area contributed by atoms with Crippen molar-refractivity contribution in [1.82, 2.24) is 20.2 Å². The van der Waals surface area contributed by atoms with Crippen molar-refractivity contribution in [2.75, 3.05) is 26.1 Å². The predicted octanol–water partition coefficient (Wildman–Crippen LogP) is 1.04. The largest absolute Gasteiger partial charge is 0.383 e. The zero-order valence-corrected chi connectivity index (χ0v) is 13.6. The van der Waals surface area contributed by atoms with E-state index in [2.05, 4.69) is 15.5 Å². The Morgan fingerprint density at radius 1 is 1.48 bits per heavy atom. The SMILES string of the molecule is COCCNC(=O)[C@H](C)Sc1nnc(-c2ccccc2F)n1N. The molecule has 1 atom stereocenters. The van der Waals surface area contributed by atoms with E-state index in [0.29, 0.717) is 18.3 Å². The number of aromatic nitrogens is 3. The number of nitrogens with zero attached hydrogens (tertiary/aromatic N) is 3. The summed E-state index contributed by atoms with van der Waals surface area (Å²) in [7, 11) is 1.56. The maximum atomic E-state index is 13.8. The molecule has 9 heteroatoms. The number of nitrogens with one attached hydrogen (secondary N) is 1. The third-order valence-corrected chi connectivity index (χ3v) is 4.09. The third-order valence-electron chi connectivity index (χ3n) is 3.04. The molecule has 1 amide bonds. The Hall–Kier alpha value is -2.13. The molecule has 0 unspecified atom stereocenters. The summed E-state index contributed by atoms with van der Waals surface area (Å²) in [6.45, 7) is 2.59. The molecule has 3 N–H and O–H groups in total. The summed E-state index contributed by atoms with van der Waals surface area (Å²) in [6, 6.07) is 6.16. The third kappa shape index (κ3) is 4.20. The minimum atomic E-state index is -0.437. The molecule has 1 heterocycles. The molecule has 0 radical (unpaired) electrons. The van der Waals surface area contributed by atoms with Crippen LogP contribution in [0.25, 0.3) is 11.4 Å². The number of carbonyl (C=O) groups is 1. The fourth-order valence-corrected chi connectivity index (χ4v) is 2.61. The lowest BCUT2D eigenvalue weighted by Gasteiger charge is -2.11. The van der Waals surface area contributed by atoms with Gasteiger partial charge in [0.15, 0.2) is 5.82 Å². The molecule has 0 aliphatic carbocycles. The van der Waals surface area contributed by atoms with Crippen LogP contribution < -0.4 is 11.2 Å². The molecule has 0 saturated carbocycles. The number of amides is 1. The predicted molar refractivity (Wildman–Crippen MR) is 85.8 cm³/mol. The van der Waals surface area contributed by atoms with Crippen molar-refractivity contribution in [1.29, 1.82) is 0 Å². The summed E-state index contributed by atoms with van der Waals surface area (Å²) in [5, 5.41) is 10.5. The standard InChI is InChI=1S/C14H18FN5O2S/c1-9(13(21)17-7-8-22-2)23-14-19-18-12(20(14)16)10-5-3-4-6-11(10)15/h3-6,9H,7-8,16H2,1-2H3,(H,17,21)/t9-/m0/s1. The fourth-order valence-electron chi connectivity index (χ4n) is 1.82. The molecule has 2 aromatic rings. The maximum absolute atomic E-state index is 13.8. The Morgan fingerprint density at radius 3 is 2.91 bits per heavy atom. The molecule has 0 bridgehead atoms. The van der Waals surface area contributed by atoms with Crippen molar-refractivity contribution in [3.05, 3.63) is 30.1 Å². The number of benzene rings is 1. The van der Waals surface area contributed by atoms with Crippen molar-refractivity contribution < 1.29 is 13.9 Å². The van der Waals surface area contributed by atoms with Crippen LogP contribution >= 0.6 is 11.8 Å². The number of halogens is 1. The highest BCUT2D eigenvalue weighted by molar-refractivity contribution is 8.00. The smallest absolute Gasteiger partial charge is 0.233 e. The van der Waals surface area contributed by atoms with Crippen LogP contribution in [-0.4, -0.2) is 46.3 Å². The van der Waals surface area contributed by atoms with E-state index < -0.39 is 11.1 Å². The molecule has 1 aromatic carbocycles. The van der Waals surface area contributed by atoms with Crippen LogP contribution in [0.2, 0.25) is 0 Å². The van der Waals surface area contributed by atoms with Crippen LogP contribution in [0.1, 0.15) is 6.92 Å². The van der Waals surface area contributed by atoms with E-state index in [-0.39, 0.29) is 17.3 Å². The van der Waals surface area contributed by atoms with Crippen LogP contribution in [-0.2, 0) is 9.53 Å². The molecular formula is C14H18FN5O2S. The second-order valence-electron chi connectivity index (χ2n) is 4.70. The number of thioether (sulfide) groups is 1. The molecule has 0 aliphatic rings. The van der Waals surface area contributed by atoms with Gasteiger partial charge in [-0.2, -0.15) is 0 Å². The van der Waals surface area contributed by atoms with Gasteiger partial charge in [-0.1, -0.05) is 23.9 Å². The van der Waals surface area contributed by atoms with E-state index in [4.69, 9.17) is 10.6 Å². The van der Waals surface area contributed by atoms with Crippen molar-refractivity contribution in [2.24, 2.45) is 0 Å². The van der Waals surface area contributed by atoms with Gasteiger partial charge in [0.05, 0.1) is 17.4 Å². The summed E-state index contributed by atoms with van der Waals surface area (Å²) < 4.78 is 19.9. The highest BCUT2D eigenvalue weighted by Crippen LogP contribution is 2.26. The Kier molecular flexibility index (Phi) is 5.94. The lowest BCUT2D eigenvalue weighted by molar-refractivity contribution is -0.120. The van der Waals surface area contributed by atoms with Crippen molar-refractivity contribution in [2.45, 2.75) is 17.3 Å². The van der Waals surface area contributed by atoms with Gasteiger partial charge in [-0.3, -0.25) is 4.79 Å². The number of nitrogen functional groups attached to an aromatic ring is 1. The van der Waals surface area contributed by atoms with E-state index in [9.17, 15) is 9.18 Å². The van der Waals surface area contributed by atoms with E-state index >= 15 is 0 Å². The van der Waals surface area contributed by atoms with Gasteiger partial charge in [-0.25, -0.2) is 9.07 Å². The van der Waals surface area contributed by atoms with Crippen molar-refractivity contribution >= 4 is 17.7 Å². The monoisotopic (exact) mass is 339 g/mol. The molecular weight excluding hydrogens is 321 g/mol. The number of hydrogen-bond donors (Lipinski definition) is 2. The molecule has 0 saturated heterocycles. The molecule has 0 aliphatic heterocycles. The highest BCUT2D eigenvalue weighted by Gasteiger charge is 2.20. The van der Waals surface area contributed by atoms with Gasteiger partial charge >= 0.3 is 0 Å². The molecule has 7 nitrogen and oxygen atoms in total. The quantitative estimate of drug-likeness (QED) is 0.445. The van der Waals surface area contributed by atoms with Crippen LogP contribution in [0.3, 0.4) is 0 Å². The first-order valence-electron chi connectivity index (χ1n) is 6.93. The van der Waals surface area contributed by atoms with Gasteiger partial charge in [-0.15, -0.1) is 10.2 Å². The summed E-state index contributed by atoms with van der Waals surface area (Å²) >= 11 is 1.15. The topological polar surface area (TPSA) is 95.1 Å². The summed E-state index contributed by atoms with van der Waals surface area (Å²) in [6.07, 6.45) is 0. The zero-order chi connectivity index (χ0) is 16.8. The number of ether oxygens (including phenoxy) is 1. The molecule has 23 heavy (non-hydrogen) atoms. The molecule has 0 spiro atoms. The Bertz CT molecular complexity index is 679. The second-order valence-corrected chi connectivity index (χ2v) is 6.01. The summed E-state index contributed by atoms with van der Waals surface area (Å²) in [5.41, 5.74) is 0.256. The normalized spacial score (nSPS) is 12.1. The second kappa shape index (κ2) is 7.93. The van der Waals surface area contributed by atoms with Gasteiger partial charge in [-0.05, 0) is 19.1 Å². The van der Waals surface area contributed by atoms with Crippen LogP contribution in [0.5, 0.6) is 0 Å². The van der Waals surface area contributed by atoms with Crippen LogP contribution in [0.4, 0.5) is 4.39 Å². The van der Waals surface area contributed by atoms with Gasteiger partial charge in [0.25, 0.3) is 0 Å². The first kappa shape index (κ1) is 17.2. The minimum Gasteiger partial charge on any atom is -0.383 e. The summed E-state index contributed by atoms with van der Waals surface area (Å²) in [4.78, 5) is 11.9. The van der Waals surface area contributed by atoms with Crippen molar-refractivity contribution in [3.8, 4) is 11.4 Å². The number of rotatable bonds is 7. The lowest BCUT2D eigenvalue weighted by Crippen LogP contribution is -2.33. The maximum Gasteiger partial charge on any atom is 0.233 e. The van der Waals surface area contributed by atoms with Gasteiger partial charge in [0, 0.05) is 13.7 Å². The number of nitrogens with two attached hydrogens (primary N) is 1. The van der Waals surface area contributed by atoms with Crippen molar-refractivity contribution in [3.63, 3.8) is 0 Å². The Labute approximate surface area is 137 Å². The fraction of sp³-hybridized carbons (Fsp3) is 0.357. The first-order valence-corrected chi connectivity index (χ1v) is 7.81. The van der Waals surface area contributed by atoms with E-state index in [1.807, 2.05) is 0 Å². The highest BCUT2D eigenvalue weighted by atomic mass is 32.2. The minimum absolute atomic E-state index is 0.164. The van der Waals surface area contributed by atoms with E-state index in [1.165, 1.54) is 10.7 Å². The van der Waals surface area contributed by atoms with E-state index in [0.717, 1.165) is 11.8 Å². The molecule has 2 rings (SSSR count). The number of carbonyl (C=O) groups excluding carboxylic acids is 1. The lowest BCUT2D eigenvalue weighted by atomic mass is 10.2. The summed E-state index contributed by atoms with van der Waals surface area (Å²) in [5.74, 6) is 5.53. The zero-order valence-electron chi connectivity index (χ0n) is 12.8. The number of hydrogen-bond acceptors (Lipinski definition) is 6. The molecule has 124 valence electrons. The average Bonchev–Trinajstić information content (AvgIpc) is 2.89. The van der Waals surface area contributed by atoms with Crippen LogP contribution in [0.15, 0.2) is 29.4 Å². The van der Waals surface area contributed by atoms with Gasteiger partial charge < -0.3 is 15.9 Å². The van der Waals surface area contributed by atoms with Gasteiger partial charge in [0.1, 0.15) is 5.82 Å². The first-order chi connectivity index (χ1) is 11.0. The number of methoxy groups -OCH3 is 1. The molecule has 1 aromatic heterocycles. The Balaban J connectivity index is 2.08. The Morgan fingerprint density at radius 2 is 2.22 bits per heavy atom. The molecule has 0 fully saturated rings. The average molecular weight is 339 g/mol.